The molecule has 0 radical (unpaired) electrons. The number of anilines is 1. The predicted octanol–water partition coefficient (Wildman–Crippen LogP) is 3.52. The molecule has 20 heavy (non-hydrogen) atoms. The van der Waals surface area contributed by atoms with E-state index in [0.717, 1.165) is 12.8 Å². The smallest absolute Gasteiger partial charge is 0.337 e. The Morgan fingerprint density at radius 2 is 1.85 bits per heavy atom. The normalized spacial score (nSPS) is 27.6. The number of rotatable bonds is 3. The van der Waals surface area contributed by atoms with Gasteiger partial charge in [-0.15, -0.1) is 0 Å². The van der Waals surface area contributed by atoms with Crippen LogP contribution in [0.5, 0.6) is 0 Å². The lowest BCUT2D eigenvalue weighted by atomic mass is 10.0. The predicted molar refractivity (Wildman–Crippen MR) is 78.7 cm³/mol. The average Bonchev–Trinajstić information content (AvgIpc) is 3.15. The standard InChI is InChI=1S/C15H16BrNO3/c16-8-5-6-12(11(7-8)15(19)20)17-14(18)13-9-3-1-2-4-10(9)13/h5-7,9-10,13H,1-4H2,(H,17,18)(H,19,20). The van der Waals surface area contributed by atoms with Crippen LogP contribution in [0.4, 0.5) is 5.69 Å². The molecule has 0 saturated heterocycles. The maximum Gasteiger partial charge on any atom is 0.337 e. The molecule has 2 aliphatic carbocycles. The van der Waals surface area contributed by atoms with Crippen molar-refractivity contribution >= 4 is 33.5 Å². The molecule has 2 fully saturated rings. The van der Waals surface area contributed by atoms with Crippen LogP contribution in [0.3, 0.4) is 0 Å². The number of hydrogen-bond acceptors (Lipinski definition) is 2. The van der Waals surface area contributed by atoms with Crippen LogP contribution in [0.1, 0.15) is 36.0 Å². The SMILES string of the molecule is O=C(O)c1cc(Br)ccc1NC(=O)C1C2CCCCC21. The third kappa shape index (κ3) is 2.46. The van der Waals surface area contributed by atoms with Crippen LogP contribution >= 0.6 is 15.9 Å². The van der Waals surface area contributed by atoms with Gasteiger partial charge in [-0.05, 0) is 42.9 Å². The summed E-state index contributed by atoms with van der Waals surface area (Å²) in [7, 11) is 0. The van der Waals surface area contributed by atoms with Gasteiger partial charge >= 0.3 is 5.97 Å². The Morgan fingerprint density at radius 1 is 1.20 bits per heavy atom. The van der Waals surface area contributed by atoms with Gasteiger partial charge in [-0.1, -0.05) is 28.8 Å². The molecule has 2 aliphatic rings. The Morgan fingerprint density at radius 3 is 2.45 bits per heavy atom. The number of nitrogens with one attached hydrogen (secondary N) is 1. The lowest BCUT2D eigenvalue weighted by Crippen LogP contribution is -2.17. The van der Waals surface area contributed by atoms with E-state index in [0.29, 0.717) is 22.0 Å². The van der Waals surface area contributed by atoms with E-state index in [9.17, 15) is 14.7 Å². The number of aromatic carboxylic acids is 1. The summed E-state index contributed by atoms with van der Waals surface area (Å²) in [5.41, 5.74) is 0.505. The maximum absolute atomic E-state index is 12.3. The monoisotopic (exact) mass is 337 g/mol. The van der Waals surface area contributed by atoms with Crippen LogP contribution in [-0.4, -0.2) is 17.0 Å². The van der Waals surface area contributed by atoms with Gasteiger partial charge in [0, 0.05) is 10.4 Å². The largest absolute Gasteiger partial charge is 0.478 e. The van der Waals surface area contributed by atoms with E-state index < -0.39 is 5.97 Å². The molecule has 0 aliphatic heterocycles. The molecule has 2 unspecified atom stereocenters. The molecule has 2 N–H and O–H groups in total. The molecule has 5 heteroatoms. The molecule has 4 nitrogen and oxygen atoms in total. The first-order valence-corrected chi connectivity index (χ1v) is 7.71. The molecule has 1 amide bonds. The van der Waals surface area contributed by atoms with Crippen molar-refractivity contribution in [3.8, 4) is 0 Å². The van der Waals surface area contributed by atoms with Crippen molar-refractivity contribution < 1.29 is 14.7 Å². The first-order chi connectivity index (χ1) is 9.58. The lowest BCUT2D eigenvalue weighted by Gasteiger charge is -2.08. The van der Waals surface area contributed by atoms with Crippen LogP contribution in [-0.2, 0) is 4.79 Å². The quantitative estimate of drug-likeness (QED) is 0.886. The van der Waals surface area contributed by atoms with Gasteiger partial charge in [-0.3, -0.25) is 4.79 Å². The Bertz CT molecular complexity index is 560. The fourth-order valence-electron chi connectivity index (χ4n) is 3.40. The highest BCUT2D eigenvalue weighted by Gasteiger charge is 2.54. The third-order valence-corrected chi connectivity index (χ3v) is 4.92. The van der Waals surface area contributed by atoms with Gasteiger partial charge in [-0.25, -0.2) is 4.79 Å². The number of carbonyl (C=O) groups excluding carboxylic acids is 1. The minimum absolute atomic E-state index is 0.0216. The van der Waals surface area contributed by atoms with Gasteiger partial charge in [0.05, 0.1) is 11.3 Å². The summed E-state index contributed by atoms with van der Waals surface area (Å²) in [5.74, 6) is 0.0734. The summed E-state index contributed by atoms with van der Waals surface area (Å²) in [6.07, 6.45) is 4.69. The molecule has 2 saturated carbocycles. The Kier molecular flexibility index (Phi) is 3.54. The Hall–Kier alpha value is -1.36. The topological polar surface area (TPSA) is 66.4 Å². The number of amides is 1. The minimum atomic E-state index is -1.03. The first kappa shape index (κ1) is 13.6. The number of carbonyl (C=O) groups is 2. The molecular weight excluding hydrogens is 322 g/mol. The summed E-state index contributed by atoms with van der Waals surface area (Å²) >= 11 is 3.25. The van der Waals surface area contributed by atoms with Crippen molar-refractivity contribution in [2.75, 3.05) is 5.32 Å². The third-order valence-electron chi connectivity index (χ3n) is 4.43. The second-order valence-corrected chi connectivity index (χ2v) is 6.54. The number of hydrogen-bond donors (Lipinski definition) is 2. The van der Waals surface area contributed by atoms with Crippen molar-refractivity contribution in [2.45, 2.75) is 25.7 Å². The van der Waals surface area contributed by atoms with E-state index in [1.54, 1.807) is 12.1 Å². The fraction of sp³-hybridized carbons (Fsp3) is 0.467. The van der Waals surface area contributed by atoms with Gasteiger partial charge < -0.3 is 10.4 Å². The fourth-order valence-corrected chi connectivity index (χ4v) is 3.76. The zero-order valence-corrected chi connectivity index (χ0v) is 12.5. The zero-order chi connectivity index (χ0) is 14.3. The second kappa shape index (κ2) is 5.20. The molecule has 2 atom stereocenters. The van der Waals surface area contributed by atoms with Crippen molar-refractivity contribution in [2.24, 2.45) is 17.8 Å². The summed E-state index contributed by atoms with van der Waals surface area (Å²) in [5, 5.41) is 12.0. The van der Waals surface area contributed by atoms with Gasteiger partial charge in [0.2, 0.25) is 5.91 Å². The summed E-state index contributed by atoms with van der Waals surface area (Å²) in [6.45, 7) is 0. The Labute approximate surface area is 125 Å². The molecular formula is C15H16BrNO3. The first-order valence-electron chi connectivity index (χ1n) is 6.91. The number of halogens is 1. The van der Waals surface area contributed by atoms with Crippen molar-refractivity contribution in [1.29, 1.82) is 0 Å². The van der Waals surface area contributed by atoms with Gasteiger partial charge in [0.15, 0.2) is 0 Å². The van der Waals surface area contributed by atoms with E-state index in [1.165, 1.54) is 18.9 Å². The van der Waals surface area contributed by atoms with Crippen molar-refractivity contribution in [3.63, 3.8) is 0 Å². The molecule has 1 aromatic carbocycles. The highest BCUT2D eigenvalue weighted by Crippen LogP contribution is 2.55. The maximum atomic E-state index is 12.3. The van der Waals surface area contributed by atoms with E-state index in [4.69, 9.17) is 0 Å². The molecule has 0 heterocycles. The summed E-state index contributed by atoms with van der Waals surface area (Å²) in [6, 6.07) is 4.89. The highest BCUT2D eigenvalue weighted by molar-refractivity contribution is 9.10. The van der Waals surface area contributed by atoms with Crippen LogP contribution in [0, 0.1) is 17.8 Å². The molecule has 0 bridgehead atoms. The minimum Gasteiger partial charge on any atom is -0.478 e. The van der Waals surface area contributed by atoms with E-state index in [2.05, 4.69) is 21.2 Å². The highest BCUT2D eigenvalue weighted by atomic mass is 79.9. The van der Waals surface area contributed by atoms with E-state index in [-0.39, 0.29) is 17.4 Å². The van der Waals surface area contributed by atoms with E-state index >= 15 is 0 Å². The van der Waals surface area contributed by atoms with Gasteiger partial charge in [-0.2, -0.15) is 0 Å². The molecule has 106 valence electrons. The van der Waals surface area contributed by atoms with Crippen LogP contribution in [0.25, 0.3) is 0 Å². The molecule has 3 rings (SSSR count). The number of carboxylic acids is 1. The zero-order valence-electron chi connectivity index (χ0n) is 10.9. The molecule has 0 spiro atoms. The van der Waals surface area contributed by atoms with Gasteiger partial charge in [0.25, 0.3) is 0 Å². The van der Waals surface area contributed by atoms with Crippen molar-refractivity contribution in [3.05, 3.63) is 28.2 Å². The van der Waals surface area contributed by atoms with Crippen LogP contribution in [0.15, 0.2) is 22.7 Å². The number of carboxylic acid groups (broad SMARTS) is 1. The Balaban J connectivity index is 1.75. The number of benzene rings is 1. The van der Waals surface area contributed by atoms with Crippen LogP contribution < -0.4 is 5.32 Å². The van der Waals surface area contributed by atoms with E-state index in [1.807, 2.05) is 0 Å². The lowest BCUT2D eigenvalue weighted by molar-refractivity contribution is -0.117. The molecule has 0 aromatic heterocycles. The second-order valence-electron chi connectivity index (χ2n) is 5.62. The summed E-state index contributed by atoms with van der Waals surface area (Å²) in [4.78, 5) is 23.5. The van der Waals surface area contributed by atoms with Crippen molar-refractivity contribution in [1.82, 2.24) is 0 Å². The average molecular weight is 338 g/mol. The van der Waals surface area contributed by atoms with Gasteiger partial charge in [0.1, 0.15) is 0 Å². The summed E-state index contributed by atoms with van der Waals surface area (Å²) < 4.78 is 0.688. The molecule has 1 aromatic rings. The van der Waals surface area contributed by atoms with Crippen LogP contribution in [0.2, 0.25) is 0 Å². The number of fused-ring (bicyclic) bond motifs is 1.